The van der Waals surface area contributed by atoms with Crippen LogP contribution in [0, 0.1) is 6.92 Å². The number of pyridine rings is 1. The van der Waals surface area contributed by atoms with E-state index in [9.17, 15) is 0 Å². The Bertz CT molecular complexity index is 762. The van der Waals surface area contributed by atoms with E-state index >= 15 is 0 Å². The number of fused-ring (bicyclic) bond motifs is 1. The normalized spacial score (nSPS) is 10.8. The minimum absolute atomic E-state index is 0.680. The number of aromatic nitrogens is 3. The molecule has 21 heavy (non-hydrogen) atoms. The summed E-state index contributed by atoms with van der Waals surface area (Å²) in [5.41, 5.74) is 2.90. The second-order valence-electron chi connectivity index (χ2n) is 5.05. The van der Waals surface area contributed by atoms with Crippen LogP contribution in [-0.2, 0) is 0 Å². The van der Waals surface area contributed by atoms with Gasteiger partial charge in [-0.1, -0.05) is 31.2 Å². The highest BCUT2D eigenvalue weighted by atomic mass is 15.1. The molecule has 0 radical (unpaired) electrons. The molecule has 0 fully saturated rings. The molecule has 4 heteroatoms. The summed E-state index contributed by atoms with van der Waals surface area (Å²) < 4.78 is 0. The van der Waals surface area contributed by atoms with E-state index in [1.165, 1.54) is 0 Å². The molecule has 1 aromatic carbocycles. The van der Waals surface area contributed by atoms with E-state index in [0.29, 0.717) is 5.95 Å². The predicted octanol–water partition coefficient (Wildman–Crippen LogP) is 3.82. The summed E-state index contributed by atoms with van der Waals surface area (Å²) in [6.07, 6.45) is 4.79. The molecule has 0 aliphatic rings. The van der Waals surface area contributed by atoms with Crippen LogP contribution < -0.4 is 5.32 Å². The van der Waals surface area contributed by atoms with Crippen molar-refractivity contribution in [1.29, 1.82) is 0 Å². The van der Waals surface area contributed by atoms with Crippen LogP contribution in [0.1, 0.15) is 19.0 Å². The number of hydrogen-bond donors (Lipinski definition) is 1. The first kappa shape index (κ1) is 13.5. The van der Waals surface area contributed by atoms with Crippen molar-refractivity contribution in [3.63, 3.8) is 0 Å². The number of nitrogens with one attached hydrogen (secondary N) is 1. The summed E-state index contributed by atoms with van der Waals surface area (Å²) in [7, 11) is 0. The number of hydrogen-bond acceptors (Lipinski definition) is 4. The van der Waals surface area contributed by atoms with E-state index < -0.39 is 0 Å². The lowest BCUT2D eigenvalue weighted by Gasteiger charge is -2.09. The van der Waals surface area contributed by atoms with Gasteiger partial charge in [-0.3, -0.25) is 4.98 Å². The van der Waals surface area contributed by atoms with Gasteiger partial charge in [-0.15, -0.1) is 0 Å². The van der Waals surface area contributed by atoms with Gasteiger partial charge in [0.1, 0.15) is 0 Å². The van der Waals surface area contributed by atoms with Crippen LogP contribution >= 0.6 is 0 Å². The Hall–Kier alpha value is -2.49. The number of rotatable bonds is 4. The van der Waals surface area contributed by atoms with Gasteiger partial charge < -0.3 is 5.32 Å². The van der Waals surface area contributed by atoms with E-state index in [-0.39, 0.29) is 0 Å². The number of nitrogens with zero attached hydrogens (tertiary/aromatic N) is 3. The Labute approximate surface area is 124 Å². The Morgan fingerprint density at radius 2 is 1.95 bits per heavy atom. The van der Waals surface area contributed by atoms with Gasteiger partial charge in [0.05, 0.1) is 5.69 Å². The topological polar surface area (TPSA) is 50.7 Å². The van der Waals surface area contributed by atoms with Crippen molar-refractivity contribution in [3.8, 4) is 11.3 Å². The van der Waals surface area contributed by atoms with Crippen LogP contribution in [0.25, 0.3) is 22.0 Å². The lowest BCUT2D eigenvalue weighted by molar-refractivity contribution is 0.947. The van der Waals surface area contributed by atoms with Gasteiger partial charge in [0.25, 0.3) is 0 Å². The summed E-state index contributed by atoms with van der Waals surface area (Å²) in [5.74, 6) is 0.680. The summed E-state index contributed by atoms with van der Waals surface area (Å²) in [6.45, 7) is 4.98. The smallest absolute Gasteiger partial charge is 0.223 e. The third-order valence-electron chi connectivity index (χ3n) is 3.33. The number of aryl methyl sites for hydroxylation is 1. The van der Waals surface area contributed by atoms with E-state index in [1.54, 1.807) is 0 Å². The molecule has 0 unspecified atom stereocenters. The molecule has 106 valence electrons. The Morgan fingerprint density at radius 3 is 2.81 bits per heavy atom. The highest BCUT2D eigenvalue weighted by Crippen LogP contribution is 2.27. The molecule has 0 aliphatic heterocycles. The first-order chi connectivity index (χ1) is 10.3. The van der Waals surface area contributed by atoms with Crippen molar-refractivity contribution < 1.29 is 0 Å². The van der Waals surface area contributed by atoms with Gasteiger partial charge in [-0.2, -0.15) is 0 Å². The molecule has 1 N–H and O–H groups in total. The third-order valence-corrected chi connectivity index (χ3v) is 3.33. The average Bonchev–Trinajstić information content (AvgIpc) is 2.52. The Balaban J connectivity index is 2.12. The first-order valence-corrected chi connectivity index (χ1v) is 7.20. The Kier molecular flexibility index (Phi) is 3.77. The second kappa shape index (κ2) is 5.87. The van der Waals surface area contributed by atoms with Crippen LogP contribution in [0.4, 0.5) is 5.95 Å². The van der Waals surface area contributed by atoms with E-state index in [0.717, 1.165) is 40.7 Å². The van der Waals surface area contributed by atoms with Gasteiger partial charge in [0.2, 0.25) is 5.95 Å². The van der Waals surface area contributed by atoms with Crippen molar-refractivity contribution in [3.05, 3.63) is 48.4 Å². The fourth-order valence-electron chi connectivity index (χ4n) is 2.34. The monoisotopic (exact) mass is 278 g/mol. The van der Waals surface area contributed by atoms with Gasteiger partial charge in [-0.25, -0.2) is 9.97 Å². The molecule has 0 saturated heterocycles. The van der Waals surface area contributed by atoms with E-state index in [4.69, 9.17) is 0 Å². The fraction of sp³-hybridized carbons (Fsp3) is 0.235. The maximum atomic E-state index is 4.63. The predicted molar refractivity (Wildman–Crippen MR) is 86.3 cm³/mol. The molecular weight excluding hydrogens is 260 g/mol. The van der Waals surface area contributed by atoms with Crippen LogP contribution in [0.2, 0.25) is 0 Å². The number of anilines is 1. The highest BCUT2D eigenvalue weighted by Gasteiger charge is 2.08. The standard InChI is InChI=1S/C17H18N4/c1-3-8-19-17-20-12(2)9-16(21-17)15-11-18-10-13-6-4-5-7-14(13)15/h4-7,9-11H,3,8H2,1-2H3,(H,19,20,21). The molecule has 3 rings (SSSR count). The van der Waals surface area contributed by atoms with Crippen LogP contribution in [-0.4, -0.2) is 21.5 Å². The van der Waals surface area contributed by atoms with Crippen molar-refractivity contribution in [1.82, 2.24) is 15.0 Å². The lowest BCUT2D eigenvalue weighted by Crippen LogP contribution is -2.05. The molecule has 3 aromatic rings. The molecule has 0 atom stereocenters. The summed E-state index contributed by atoms with van der Waals surface area (Å²) in [5, 5.41) is 5.53. The maximum Gasteiger partial charge on any atom is 0.223 e. The van der Waals surface area contributed by atoms with Crippen LogP contribution in [0.5, 0.6) is 0 Å². The molecule has 0 amide bonds. The molecule has 4 nitrogen and oxygen atoms in total. The fourth-order valence-corrected chi connectivity index (χ4v) is 2.34. The molecule has 2 heterocycles. The summed E-state index contributed by atoms with van der Waals surface area (Å²) >= 11 is 0. The summed E-state index contributed by atoms with van der Waals surface area (Å²) in [6, 6.07) is 10.2. The maximum absolute atomic E-state index is 4.63. The molecule has 0 aliphatic carbocycles. The lowest BCUT2D eigenvalue weighted by atomic mass is 10.1. The quantitative estimate of drug-likeness (QED) is 0.788. The molecule has 0 saturated carbocycles. The Morgan fingerprint density at radius 1 is 1.10 bits per heavy atom. The van der Waals surface area contributed by atoms with Crippen molar-refractivity contribution >= 4 is 16.7 Å². The second-order valence-corrected chi connectivity index (χ2v) is 5.05. The average molecular weight is 278 g/mol. The zero-order chi connectivity index (χ0) is 14.7. The SMILES string of the molecule is CCCNc1nc(C)cc(-c2cncc3ccccc23)n1. The zero-order valence-corrected chi connectivity index (χ0v) is 12.3. The zero-order valence-electron chi connectivity index (χ0n) is 12.3. The minimum atomic E-state index is 0.680. The minimum Gasteiger partial charge on any atom is -0.354 e. The molecular formula is C17H18N4. The summed E-state index contributed by atoms with van der Waals surface area (Å²) in [4.78, 5) is 13.4. The van der Waals surface area contributed by atoms with Gasteiger partial charge in [-0.05, 0) is 24.8 Å². The van der Waals surface area contributed by atoms with Crippen LogP contribution in [0.3, 0.4) is 0 Å². The molecule has 0 bridgehead atoms. The first-order valence-electron chi connectivity index (χ1n) is 7.20. The largest absolute Gasteiger partial charge is 0.354 e. The van der Waals surface area contributed by atoms with Crippen molar-refractivity contribution in [2.45, 2.75) is 20.3 Å². The molecule has 2 aromatic heterocycles. The third kappa shape index (κ3) is 2.84. The van der Waals surface area contributed by atoms with Gasteiger partial charge >= 0.3 is 0 Å². The van der Waals surface area contributed by atoms with Gasteiger partial charge in [0.15, 0.2) is 0 Å². The highest BCUT2D eigenvalue weighted by molar-refractivity contribution is 5.94. The van der Waals surface area contributed by atoms with E-state index in [1.807, 2.05) is 37.5 Å². The van der Waals surface area contributed by atoms with E-state index in [2.05, 4.69) is 39.3 Å². The van der Waals surface area contributed by atoms with Crippen molar-refractivity contribution in [2.75, 3.05) is 11.9 Å². The van der Waals surface area contributed by atoms with Crippen molar-refractivity contribution in [2.24, 2.45) is 0 Å². The van der Waals surface area contributed by atoms with Gasteiger partial charge in [0, 0.05) is 35.6 Å². The molecule has 0 spiro atoms. The van der Waals surface area contributed by atoms with Crippen LogP contribution in [0.15, 0.2) is 42.7 Å². The number of benzene rings is 1.